The SMILES string of the molecule is COc1ccc(NC(=O)[C@H](Cc2ccccc2)NS(=O)(=O)c2cccc3nsnc23)cc1OC. The summed E-state index contributed by atoms with van der Waals surface area (Å²) in [6.07, 6.45) is 0.143. The number of nitrogens with zero attached hydrogens (tertiary/aromatic N) is 2. The first-order valence-electron chi connectivity index (χ1n) is 10.2. The van der Waals surface area contributed by atoms with Crippen LogP contribution < -0.4 is 19.5 Å². The predicted octanol–water partition coefficient (Wildman–Crippen LogP) is 3.24. The summed E-state index contributed by atoms with van der Waals surface area (Å²) in [5.74, 6) is 0.415. The minimum absolute atomic E-state index is 0.0317. The monoisotopic (exact) mass is 498 g/mol. The van der Waals surface area contributed by atoms with Gasteiger partial charge >= 0.3 is 0 Å². The highest BCUT2D eigenvalue weighted by Crippen LogP contribution is 2.30. The first-order valence-corrected chi connectivity index (χ1v) is 12.4. The molecular weight excluding hydrogens is 476 g/mol. The number of amides is 1. The third-order valence-electron chi connectivity index (χ3n) is 5.09. The highest BCUT2D eigenvalue weighted by Gasteiger charge is 2.28. The van der Waals surface area contributed by atoms with Crippen LogP contribution in [0.3, 0.4) is 0 Å². The zero-order valence-electron chi connectivity index (χ0n) is 18.4. The molecule has 4 rings (SSSR count). The zero-order chi connectivity index (χ0) is 24.1. The van der Waals surface area contributed by atoms with Gasteiger partial charge in [0.05, 0.1) is 25.9 Å². The van der Waals surface area contributed by atoms with Gasteiger partial charge in [-0.15, -0.1) is 0 Å². The van der Waals surface area contributed by atoms with Crippen molar-refractivity contribution >= 4 is 44.4 Å². The lowest BCUT2D eigenvalue weighted by Gasteiger charge is -2.19. The molecule has 0 unspecified atom stereocenters. The number of hydrogen-bond donors (Lipinski definition) is 2. The van der Waals surface area contributed by atoms with Gasteiger partial charge in [-0.3, -0.25) is 4.79 Å². The second-order valence-electron chi connectivity index (χ2n) is 7.31. The van der Waals surface area contributed by atoms with Gasteiger partial charge in [-0.2, -0.15) is 13.5 Å². The van der Waals surface area contributed by atoms with Crippen molar-refractivity contribution in [1.82, 2.24) is 13.5 Å². The van der Waals surface area contributed by atoms with Crippen LogP contribution in [0.1, 0.15) is 5.56 Å². The van der Waals surface area contributed by atoms with Crippen LogP contribution in [0.15, 0.2) is 71.6 Å². The average molecular weight is 499 g/mol. The van der Waals surface area contributed by atoms with Crippen LogP contribution in [0.25, 0.3) is 11.0 Å². The molecule has 1 aromatic heterocycles. The minimum atomic E-state index is -4.09. The molecule has 1 heterocycles. The van der Waals surface area contributed by atoms with Gasteiger partial charge in [-0.1, -0.05) is 36.4 Å². The normalized spacial score (nSPS) is 12.3. The fourth-order valence-corrected chi connectivity index (χ4v) is 5.39. The molecule has 1 amide bonds. The number of carbonyl (C=O) groups is 1. The molecule has 11 heteroatoms. The number of rotatable bonds is 9. The van der Waals surface area contributed by atoms with Crippen molar-refractivity contribution in [2.75, 3.05) is 19.5 Å². The van der Waals surface area contributed by atoms with E-state index in [1.54, 1.807) is 30.3 Å². The van der Waals surface area contributed by atoms with Crippen molar-refractivity contribution in [3.05, 3.63) is 72.3 Å². The third-order valence-corrected chi connectivity index (χ3v) is 7.13. The molecule has 0 aliphatic heterocycles. The molecule has 4 aromatic rings. The van der Waals surface area contributed by atoms with Crippen LogP contribution in [-0.2, 0) is 21.2 Å². The third kappa shape index (κ3) is 5.16. The lowest BCUT2D eigenvalue weighted by Crippen LogP contribution is -2.45. The topological polar surface area (TPSA) is 120 Å². The molecule has 0 aliphatic carbocycles. The summed E-state index contributed by atoms with van der Waals surface area (Å²) in [7, 11) is -1.09. The molecule has 0 saturated carbocycles. The van der Waals surface area contributed by atoms with Gasteiger partial charge in [-0.25, -0.2) is 8.42 Å². The largest absolute Gasteiger partial charge is 0.493 e. The van der Waals surface area contributed by atoms with E-state index in [1.807, 2.05) is 30.3 Å². The first kappa shape index (κ1) is 23.6. The lowest BCUT2D eigenvalue weighted by atomic mass is 10.1. The molecule has 0 aliphatic rings. The lowest BCUT2D eigenvalue weighted by molar-refractivity contribution is -0.117. The maximum Gasteiger partial charge on any atom is 0.243 e. The Morgan fingerprint density at radius 1 is 0.971 bits per heavy atom. The summed E-state index contributed by atoms with van der Waals surface area (Å²) in [5.41, 5.74) is 1.97. The Morgan fingerprint density at radius 3 is 2.47 bits per heavy atom. The van der Waals surface area contributed by atoms with E-state index in [9.17, 15) is 13.2 Å². The molecular formula is C23H22N4O5S2. The molecule has 0 saturated heterocycles. The molecule has 176 valence electrons. The maximum absolute atomic E-state index is 13.3. The van der Waals surface area contributed by atoms with Crippen LogP contribution in [0, 0.1) is 0 Å². The second-order valence-corrected chi connectivity index (χ2v) is 9.52. The molecule has 34 heavy (non-hydrogen) atoms. The van der Waals surface area contributed by atoms with Crippen LogP contribution in [0.4, 0.5) is 5.69 Å². The second kappa shape index (κ2) is 10.2. The van der Waals surface area contributed by atoms with Crippen molar-refractivity contribution < 1.29 is 22.7 Å². The standard InChI is InChI=1S/C23H22N4O5S2/c1-31-19-12-11-16(14-20(19)32-2)24-23(28)18(13-15-7-4-3-5-8-15)27-34(29,30)21-10-6-9-17-22(21)26-33-25-17/h3-12,14,18,27H,13H2,1-2H3,(H,24,28)/t18-/m0/s1. The van der Waals surface area contributed by atoms with Gasteiger partial charge < -0.3 is 14.8 Å². The highest BCUT2D eigenvalue weighted by atomic mass is 32.2. The summed E-state index contributed by atoms with van der Waals surface area (Å²) in [5, 5.41) is 2.77. The summed E-state index contributed by atoms with van der Waals surface area (Å²) in [6.45, 7) is 0. The average Bonchev–Trinajstić information content (AvgIpc) is 3.33. The van der Waals surface area contributed by atoms with Crippen LogP contribution in [0.5, 0.6) is 11.5 Å². The van der Waals surface area contributed by atoms with Crippen molar-refractivity contribution in [3.63, 3.8) is 0 Å². The number of fused-ring (bicyclic) bond motifs is 1. The van der Waals surface area contributed by atoms with E-state index in [-0.39, 0.29) is 16.8 Å². The van der Waals surface area contributed by atoms with E-state index in [0.29, 0.717) is 22.7 Å². The van der Waals surface area contributed by atoms with Gasteiger partial charge in [0.2, 0.25) is 15.9 Å². The van der Waals surface area contributed by atoms with E-state index in [0.717, 1.165) is 17.3 Å². The summed E-state index contributed by atoms with van der Waals surface area (Å²) in [4.78, 5) is 13.2. The van der Waals surface area contributed by atoms with Gasteiger partial charge in [0.15, 0.2) is 11.5 Å². The Labute approximate surface area is 201 Å². The molecule has 1 atom stereocenters. The number of nitrogens with one attached hydrogen (secondary N) is 2. The molecule has 0 fully saturated rings. The van der Waals surface area contributed by atoms with Crippen molar-refractivity contribution in [3.8, 4) is 11.5 Å². The van der Waals surface area contributed by atoms with E-state index in [1.165, 1.54) is 20.3 Å². The molecule has 2 N–H and O–H groups in total. The summed E-state index contributed by atoms with van der Waals surface area (Å²) in [6, 6.07) is 17.7. The molecule has 0 bridgehead atoms. The Bertz CT molecular complexity index is 1410. The number of carbonyl (C=O) groups excluding carboxylic acids is 1. The van der Waals surface area contributed by atoms with Crippen LogP contribution in [0.2, 0.25) is 0 Å². The Balaban J connectivity index is 1.64. The number of sulfonamides is 1. The van der Waals surface area contributed by atoms with Crippen LogP contribution >= 0.6 is 11.7 Å². The fourth-order valence-electron chi connectivity index (χ4n) is 3.43. The van der Waals surface area contributed by atoms with Gasteiger partial charge in [0.25, 0.3) is 0 Å². The first-order chi connectivity index (χ1) is 16.4. The quantitative estimate of drug-likeness (QED) is 0.364. The number of anilines is 1. The number of benzene rings is 3. The predicted molar refractivity (Wildman–Crippen MR) is 130 cm³/mol. The Hall–Kier alpha value is -3.54. The molecule has 0 spiro atoms. The van der Waals surface area contributed by atoms with Gasteiger partial charge in [-0.05, 0) is 36.2 Å². The smallest absolute Gasteiger partial charge is 0.243 e. The molecule has 9 nitrogen and oxygen atoms in total. The molecule has 3 aromatic carbocycles. The van der Waals surface area contributed by atoms with Crippen molar-refractivity contribution in [2.24, 2.45) is 0 Å². The fraction of sp³-hybridized carbons (Fsp3) is 0.174. The molecule has 0 radical (unpaired) electrons. The van der Waals surface area contributed by atoms with Crippen LogP contribution in [-0.4, -0.2) is 43.3 Å². The maximum atomic E-state index is 13.3. The zero-order valence-corrected chi connectivity index (χ0v) is 20.0. The number of hydrogen-bond acceptors (Lipinski definition) is 8. The van der Waals surface area contributed by atoms with E-state index < -0.39 is 22.0 Å². The Morgan fingerprint density at radius 2 is 1.74 bits per heavy atom. The highest BCUT2D eigenvalue weighted by molar-refractivity contribution is 7.89. The van der Waals surface area contributed by atoms with Crippen molar-refractivity contribution in [1.29, 1.82) is 0 Å². The van der Waals surface area contributed by atoms with E-state index in [2.05, 4.69) is 18.8 Å². The van der Waals surface area contributed by atoms with E-state index in [4.69, 9.17) is 9.47 Å². The van der Waals surface area contributed by atoms with Gasteiger partial charge in [0, 0.05) is 11.8 Å². The summed E-state index contributed by atoms with van der Waals surface area (Å²) >= 11 is 0.926. The summed E-state index contributed by atoms with van der Waals surface area (Å²) < 4.78 is 47.9. The van der Waals surface area contributed by atoms with Gasteiger partial charge in [0.1, 0.15) is 22.0 Å². The Kier molecular flexibility index (Phi) is 7.06. The number of methoxy groups -OCH3 is 2. The van der Waals surface area contributed by atoms with E-state index >= 15 is 0 Å². The van der Waals surface area contributed by atoms with Crippen molar-refractivity contribution in [2.45, 2.75) is 17.4 Å². The number of aromatic nitrogens is 2. The number of ether oxygens (including phenoxy) is 2. The minimum Gasteiger partial charge on any atom is -0.493 e.